The van der Waals surface area contributed by atoms with Crippen molar-refractivity contribution in [3.63, 3.8) is 0 Å². The molecule has 0 fully saturated rings. The predicted molar refractivity (Wildman–Crippen MR) is 105 cm³/mol. The third kappa shape index (κ3) is 4.15. The van der Waals surface area contributed by atoms with Gasteiger partial charge in [-0.15, -0.1) is 0 Å². The summed E-state index contributed by atoms with van der Waals surface area (Å²) >= 11 is 0. The normalized spacial score (nSPS) is 10.5. The second kappa shape index (κ2) is 8.29. The first kappa shape index (κ1) is 17.0. The molecular weight excluding hydrogens is 308 g/mol. The molecule has 4 nitrogen and oxygen atoms in total. The highest BCUT2D eigenvalue weighted by Gasteiger charge is 2.15. The van der Waals surface area contributed by atoms with E-state index < -0.39 is 0 Å². The predicted octanol–water partition coefficient (Wildman–Crippen LogP) is 4.60. The summed E-state index contributed by atoms with van der Waals surface area (Å²) in [6.07, 6.45) is 0.792. The van der Waals surface area contributed by atoms with Gasteiger partial charge in [-0.25, -0.2) is 9.97 Å². The van der Waals surface area contributed by atoms with Crippen molar-refractivity contribution >= 4 is 11.6 Å². The van der Waals surface area contributed by atoms with E-state index in [0.29, 0.717) is 0 Å². The molecule has 0 amide bonds. The number of anilines is 2. The van der Waals surface area contributed by atoms with Crippen LogP contribution in [0.5, 0.6) is 0 Å². The Bertz CT molecular complexity index is 774. The van der Waals surface area contributed by atoms with Gasteiger partial charge in [0.15, 0.2) is 5.82 Å². The molecule has 1 heterocycles. The first-order valence-electron chi connectivity index (χ1n) is 8.79. The molecule has 2 aromatic carbocycles. The molecule has 0 aliphatic rings. The minimum Gasteiger partial charge on any atom is -0.370 e. The van der Waals surface area contributed by atoms with Crippen LogP contribution < -0.4 is 10.6 Å². The monoisotopic (exact) mass is 332 g/mol. The smallest absolute Gasteiger partial charge is 0.163 e. The van der Waals surface area contributed by atoms with Crippen molar-refractivity contribution in [1.82, 2.24) is 9.97 Å². The van der Waals surface area contributed by atoms with Crippen molar-refractivity contribution in [1.29, 1.82) is 0 Å². The number of benzene rings is 2. The molecule has 3 rings (SSSR count). The molecule has 0 atom stereocenters. The molecule has 2 N–H and O–H groups in total. The molecule has 0 aliphatic carbocycles. The Balaban J connectivity index is 2.08. The molecule has 4 heteroatoms. The number of nitrogens with zero attached hydrogens (tertiary/aromatic N) is 2. The molecule has 0 saturated carbocycles. The fourth-order valence-corrected chi connectivity index (χ4v) is 2.80. The van der Waals surface area contributed by atoms with Crippen LogP contribution in [-0.4, -0.2) is 23.1 Å². The number of aromatic nitrogens is 2. The molecule has 0 bridgehead atoms. The van der Waals surface area contributed by atoms with Gasteiger partial charge in [-0.2, -0.15) is 0 Å². The molecule has 0 spiro atoms. The van der Waals surface area contributed by atoms with Crippen LogP contribution in [0.15, 0.2) is 60.7 Å². The maximum absolute atomic E-state index is 4.81. The zero-order valence-corrected chi connectivity index (χ0v) is 14.8. The lowest BCUT2D eigenvalue weighted by molar-refractivity contribution is 1.03. The number of rotatable bonds is 7. The topological polar surface area (TPSA) is 49.8 Å². The Hall–Kier alpha value is -2.88. The lowest BCUT2D eigenvalue weighted by Gasteiger charge is -2.17. The zero-order valence-electron chi connectivity index (χ0n) is 14.8. The van der Waals surface area contributed by atoms with E-state index in [-0.39, 0.29) is 0 Å². The van der Waals surface area contributed by atoms with Gasteiger partial charge in [0, 0.05) is 30.6 Å². The highest BCUT2D eigenvalue weighted by atomic mass is 15.1. The minimum absolute atomic E-state index is 0.740. The van der Waals surface area contributed by atoms with Crippen LogP contribution >= 0.6 is 0 Å². The molecular formula is C21H24N4. The Kier molecular flexibility index (Phi) is 5.62. The molecule has 0 unspecified atom stereocenters. The SMILES string of the molecule is CCNc1nc(-c2ccccc2)nc(NCC)c1Cc1ccccc1. The van der Waals surface area contributed by atoms with Crippen molar-refractivity contribution in [3.8, 4) is 11.4 Å². The average molecular weight is 332 g/mol. The van der Waals surface area contributed by atoms with Gasteiger partial charge in [-0.3, -0.25) is 0 Å². The largest absolute Gasteiger partial charge is 0.370 e. The second-order valence-electron chi connectivity index (χ2n) is 5.81. The Morgan fingerprint density at radius 3 is 1.76 bits per heavy atom. The fraction of sp³-hybridized carbons (Fsp3) is 0.238. The van der Waals surface area contributed by atoms with Gasteiger partial charge in [-0.1, -0.05) is 60.7 Å². The first-order valence-corrected chi connectivity index (χ1v) is 8.79. The van der Waals surface area contributed by atoms with Crippen molar-refractivity contribution in [2.24, 2.45) is 0 Å². The van der Waals surface area contributed by atoms with Gasteiger partial charge >= 0.3 is 0 Å². The van der Waals surface area contributed by atoms with Crippen molar-refractivity contribution in [2.45, 2.75) is 20.3 Å². The lowest BCUT2D eigenvalue weighted by atomic mass is 10.1. The Labute approximate surface area is 149 Å². The summed E-state index contributed by atoms with van der Waals surface area (Å²) in [5.41, 5.74) is 3.37. The summed E-state index contributed by atoms with van der Waals surface area (Å²) in [4.78, 5) is 9.62. The van der Waals surface area contributed by atoms with Crippen molar-refractivity contribution in [2.75, 3.05) is 23.7 Å². The van der Waals surface area contributed by atoms with Crippen molar-refractivity contribution < 1.29 is 0 Å². The van der Waals surface area contributed by atoms with E-state index in [2.05, 4.69) is 48.7 Å². The van der Waals surface area contributed by atoms with E-state index >= 15 is 0 Å². The molecule has 1 aromatic heterocycles. The van der Waals surface area contributed by atoms with E-state index in [0.717, 1.165) is 48.1 Å². The van der Waals surface area contributed by atoms with Crippen molar-refractivity contribution in [3.05, 3.63) is 71.8 Å². The van der Waals surface area contributed by atoms with Gasteiger partial charge < -0.3 is 10.6 Å². The van der Waals surface area contributed by atoms with Crippen LogP contribution in [0, 0.1) is 0 Å². The lowest BCUT2D eigenvalue weighted by Crippen LogP contribution is -2.12. The maximum Gasteiger partial charge on any atom is 0.163 e. The first-order chi connectivity index (χ1) is 12.3. The number of hydrogen-bond donors (Lipinski definition) is 2. The summed E-state index contributed by atoms with van der Waals surface area (Å²) in [7, 11) is 0. The minimum atomic E-state index is 0.740. The van der Waals surface area contributed by atoms with Gasteiger partial charge in [0.1, 0.15) is 11.6 Å². The van der Waals surface area contributed by atoms with Gasteiger partial charge in [-0.05, 0) is 19.4 Å². The quantitative estimate of drug-likeness (QED) is 0.664. The van der Waals surface area contributed by atoms with E-state index in [4.69, 9.17) is 9.97 Å². The van der Waals surface area contributed by atoms with Crippen LogP contribution in [0.4, 0.5) is 11.6 Å². The highest BCUT2D eigenvalue weighted by Crippen LogP contribution is 2.28. The Morgan fingerprint density at radius 1 is 0.720 bits per heavy atom. The summed E-state index contributed by atoms with van der Waals surface area (Å²) in [5, 5.41) is 6.83. The summed E-state index contributed by atoms with van der Waals surface area (Å²) < 4.78 is 0. The summed E-state index contributed by atoms with van der Waals surface area (Å²) in [5.74, 6) is 2.54. The summed E-state index contributed by atoms with van der Waals surface area (Å²) in [6, 6.07) is 20.5. The maximum atomic E-state index is 4.81. The molecule has 25 heavy (non-hydrogen) atoms. The third-order valence-electron chi connectivity index (χ3n) is 3.95. The number of nitrogens with one attached hydrogen (secondary N) is 2. The highest BCUT2D eigenvalue weighted by molar-refractivity contribution is 5.66. The second-order valence-corrected chi connectivity index (χ2v) is 5.81. The van der Waals surface area contributed by atoms with Gasteiger partial charge in [0.25, 0.3) is 0 Å². The summed E-state index contributed by atoms with van der Waals surface area (Å²) in [6.45, 7) is 5.81. The molecule has 0 radical (unpaired) electrons. The third-order valence-corrected chi connectivity index (χ3v) is 3.95. The van der Waals surface area contributed by atoms with E-state index in [1.807, 2.05) is 36.4 Å². The fourth-order valence-electron chi connectivity index (χ4n) is 2.80. The van der Waals surface area contributed by atoms with Gasteiger partial charge in [0.2, 0.25) is 0 Å². The van der Waals surface area contributed by atoms with Gasteiger partial charge in [0.05, 0.1) is 0 Å². The van der Waals surface area contributed by atoms with Crippen LogP contribution in [0.25, 0.3) is 11.4 Å². The zero-order chi connectivity index (χ0) is 17.5. The van der Waals surface area contributed by atoms with Crippen LogP contribution in [0.1, 0.15) is 25.0 Å². The average Bonchev–Trinajstić information content (AvgIpc) is 2.66. The van der Waals surface area contributed by atoms with Crippen LogP contribution in [0.3, 0.4) is 0 Å². The Morgan fingerprint density at radius 2 is 1.24 bits per heavy atom. The van der Waals surface area contributed by atoms with Crippen LogP contribution in [0.2, 0.25) is 0 Å². The molecule has 0 aliphatic heterocycles. The van der Waals surface area contributed by atoms with E-state index in [1.54, 1.807) is 0 Å². The molecule has 128 valence electrons. The van der Waals surface area contributed by atoms with Crippen LogP contribution in [-0.2, 0) is 6.42 Å². The van der Waals surface area contributed by atoms with E-state index in [1.165, 1.54) is 5.56 Å². The standard InChI is InChI=1S/C21H24N4/c1-3-22-20-18(15-16-11-7-5-8-12-16)21(23-4-2)25-19(24-20)17-13-9-6-10-14-17/h5-14H,3-4,15H2,1-2H3,(H2,22,23,24,25). The molecule has 0 saturated heterocycles. The molecule has 3 aromatic rings. The van der Waals surface area contributed by atoms with E-state index in [9.17, 15) is 0 Å². The number of hydrogen-bond acceptors (Lipinski definition) is 4.